The summed E-state index contributed by atoms with van der Waals surface area (Å²) in [7, 11) is 0. The van der Waals surface area contributed by atoms with Crippen molar-refractivity contribution in [2.24, 2.45) is 0 Å². The molecule has 0 radical (unpaired) electrons. The first-order chi connectivity index (χ1) is 9.65. The van der Waals surface area contributed by atoms with Crippen molar-refractivity contribution in [3.05, 3.63) is 61.4 Å². The highest BCUT2D eigenvalue weighted by Gasteiger charge is 2.22. The Kier molecular flexibility index (Phi) is 3.98. The molecule has 104 valence electrons. The fourth-order valence-corrected chi connectivity index (χ4v) is 3.80. The normalized spacial score (nSPS) is 17.4. The van der Waals surface area contributed by atoms with Crippen molar-refractivity contribution in [2.75, 3.05) is 6.61 Å². The maximum absolute atomic E-state index is 12.2. The predicted octanol–water partition coefficient (Wildman–Crippen LogP) is 3.94. The number of benzene rings is 1. The second kappa shape index (κ2) is 5.74. The minimum absolute atomic E-state index is 0.00262. The molecule has 1 unspecified atom stereocenters. The number of ether oxygens (including phenoxy) is 1. The first kappa shape index (κ1) is 13.9. The van der Waals surface area contributed by atoms with Crippen molar-refractivity contribution >= 4 is 31.9 Å². The highest BCUT2D eigenvalue weighted by Crippen LogP contribution is 2.34. The molecule has 0 bridgehead atoms. The fourth-order valence-electron chi connectivity index (χ4n) is 2.54. The summed E-state index contributed by atoms with van der Waals surface area (Å²) in [6.07, 6.45) is 2.76. The van der Waals surface area contributed by atoms with Gasteiger partial charge < -0.3 is 9.30 Å². The van der Waals surface area contributed by atoms with Gasteiger partial charge in [-0.2, -0.15) is 0 Å². The first-order valence-corrected chi connectivity index (χ1v) is 8.01. The van der Waals surface area contributed by atoms with Crippen LogP contribution in [0, 0.1) is 0 Å². The molecule has 1 atom stereocenters. The zero-order valence-electron chi connectivity index (χ0n) is 10.7. The molecule has 0 fully saturated rings. The molecule has 0 saturated carbocycles. The van der Waals surface area contributed by atoms with E-state index in [1.165, 1.54) is 5.56 Å². The summed E-state index contributed by atoms with van der Waals surface area (Å²) < 4.78 is 8.88. The summed E-state index contributed by atoms with van der Waals surface area (Å²) in [5, 5.41) is 0. The van der Waals surface area contributed by atoms with Crippen LogP contribution in [0.2, 0.25) is 0 Å². The quantitative estimate of drug-likeness (QED) is 0.767. The summed E-state index contributed by atoms with van der Waals surface area (Å²) in [5.74, 6) is 1.24. The lowest BCUT2D eigenvalue weighted by atomic mass is 9.93. The van der Waals surface area contributed by atoms with Gasteiger partial charge in [-0.25, -0.2) is 0 Å². The third kappa shape index (κ3) is 2.69. The third-order valence-electron chi connectivity index (χ3n) is 3.51. The molecule has 2 heterocycles. The number of halogens is 2. The van der Waals surface area contributed by atoms with Gasteiger partial charge in [0.1, 0.15) is 5.75 Å². The van der Waals surface area contributed by atoms with Crippen LogP contribution in [0.1, 0.15) is 17.9 Å². The number of rotatable bonds is 2. The lowest BCUT2D eigenvalue weighted by Gasteiger charge is -2.26. The van der Waals surface area contributed by atoms with Crippen LogP contribution in [-0.2, 0) is 6.54 Å². The molecular formula is C15H13Br2NO2. The smallest absolute Gasteiger partial charge is 0.264 e. The van der Waals surface area contributed by atoms with Gasteiger partial charge in [-0.3, -0.25) is 4.79 Å². The lowest BCUT2D eigenvalue weighted by Crippen LogP contribution is -2.26. The van der Waals surface area contributed by atoms with Crippen LogP contribution in [0.4, 0.5) is 0 Å². The van der Waals surface area contributed by atoms with Gasteiger partial charge in [0.05, 0.1) is 11.1 Å². The van der Waals surface area contributed by atoms with Crippen molar-refractivity contribution in [1.82, 2.24) is 4.57 Å². The van der Waals surface area contributed by atoms with E-state index in [-0.39, 0.29) is 5.56 Å². The van der Waals surface area contributed by atoms with Gasteiger partial charge in [0, 0.05) is 23.1 Å². The molecule has 2 aromatic rings. The highest BCUT2D eigenvalue weighted by molar-refractivity contribution is 9.11. The van der Waals surface area contributed by atoms with Crippen LogP contribution >= 0.6 is 31.9 Å². The standard InChI is InChI=1S/C15H13Br2NO2/c16-11-7-13(17)15(19)18(9-11)8-10-5-6-20-14-4-2-1-3-12(10)14/h1-4,7,9-10H,5-6,8H2. The average Bonchev–Trinajstić information content (AvgIpc) is 2.44. The van der Waals surface area contributed by atoms with Crippen molar-refractivity contribution < 1.29 is 4.74 Å². The van der Waals surface area contributed by atoms with Crippen molar-refractivity contribution in [3.63, 3.8) is 0 Å². The second-order valence-corrected chi connectivity index (χ2v) is 6.61. The van der Waals surface area contributed by atoms with E-state index in [9.17, 15) is 4.79 Å². The van der Waals surface area contributed by atoms with E-state index in [1.54, 1.807) is 10.6 Å². The van der Waals surface area contributed by atoms with E-state index < -0.39 is 0 Å². The molecule has 0 N–H and O–H groups in total. The molecule has 0 saturated heterocycles. The molecule has 1 aliphatic heterocycles. The maximum atomic E-state index is 12.2. The molecule has 3 rings (SSSR count). The zero-order valence-corrected chi connectivity index (χ0v) is 13.9. The van der Waals surface area contributed by atoms with Gasteiger partial charge >= 0.3 is 0 Å². The van der Waals surface area contributed by atoms with Crippen LogP contribution in [0.5, 0.6) is 5.75 Å². The van der Waals surface area contributed by atoms with Crippen LogP contribution in [0.3, 0.4) is 0 Å². The number of hydrogen-bond acceptors (Lipinski definition) is 2. The largest absolute Gasteiger partial charge is 0.493 e. The number of hydrogen-bond donors (Lipinski definition) is 0. The second-order valence-electron chi connectivity index (χ2n) is 4.84. The first-order valence-electron chi connectivity index (χ1n) is 6.42. The molecular weight excluding hydrogens is 386 g/mol. The Morgan fingerprint density at radius 2 is 2.10 bits per heavy atom. The Balaban J connectivity index is 1.95. The molecule has 1 aromatic carbocycles. The van der Waals surface area contributed by atoms with E-state index in [4.69, 9.17) is 4.74 Å². The van der Waals surface area contributed by atoms with Crippen molar-refractivity contribution in [1.29, 1.82) is 0 Å². The van der Waals surface area contributed by atoms with E-state index in [1.807, 2.05) is 24.4 Å². The molecule has 0 spiro atoms. The van der Waals surface area contributed by atoms with Gasteiger partial charge in [-0.05, 0) is 56.0 Å². The summed E-state index contributed by atoms with van der Waals surface area (Å²) in [5.41, 5.74) is 1.18. The van der Waals surface area contributed by atoms with Crippen molar-refractivity contribution in [2.45, 2.75) is 18.9 Å². The van der Waals surface area contributed by atoms with Gasteiger partial charge in [0.15, 0.2) is 0 Å². The number of para-hydroxylation sites is 1. The minimum atomic E-state index is -0.00262. The number of aromatic nitrogens is 1. The monoisotopic (exact) mass is 397 g/mol. The van der Waals surface area contributed by atoms with Gasteiger partial charge in [0.25, 0.3) is 5.56 Å². The van der Waals surface area contributed by atoms with Crippen molar-refractivity contribution in [3.8, 4) is 5.75 Å². The SMILES string of the molecule is O=c1c(Br)cc(Br)cn1CC1CCOc2ccccc21. The van der Waals surface area contributed by atoms with Gasteiger partial charge in [-0.15, -0.1) is 0 Å². The predicted molar refractivity (Wildman–Crippen MR) is 85.4 cm³/mol. The van der Waals surface area contributed by atoms with Crippen LogP contribution < -0.4 is 10.3 Å². The molecule has 0 aliphatic carbocycles. The summed E-state index contributed by atoms with van der Waals surface area (Å²) in [6, 6.07) is 9.83. The Morgan fingerprint density at radius 3 is 2.95 bits per heavy atom. The lowest BCUT2D eigenvalue weighted by molar-refractivity contribution is 0.258. The topological polar surface area (TPSA) is 31.2 Å². The Hall–Kier alpha value is -1.07. The Labute approximate surface area is 133 Å². The molecule has 20 heavy (non-hydrogen) atoms. The Bertz CT molecular complexity index is 697. The minimum Gasteiger partial charge on any atom is -0.493 e. The number of fused-ring (bicyclic) bond motifs is 1. The van der Waals surface area contributed by atoms with E-state index in [0.717, 1.165) is 16.6 Å². The maximum Gasteiger partial charge on any atom is 0.264 e. The molecule has 0 amide bonds. The molecule has 5 heteroatoms. The average molecular weight is 399 g/mol. The summed E-state index contributed by atoms with van der Waals surface area (Å²) in [6.45, 7) is 1.36. The molecule has 3 nitrogen and oxygen atoms in total. The highest BCUT2D eigenvalue weighted by atomic mass is 79.9. The molecule has 1 aromatic heterocycles. The van der Waals surface area contributed by atoms with E-state index in [2.05, 4.69) is 37.9 Å². The van der Waals surface area contributed by atoms with Crippen LogP contribution in [-0.4, -0.2) is 11.2 Å². The summed E-state index contributed by atoms with van der Waals surface area (Å²) in [4.78, 5) is 12.2. The van der Waals surface area contributed by atoms with Crippen LogP contribution in [0.15, 0.2) is 50.3 Å². The Morgan fingerprint density at radius 1 is 1.30 bits per heavy atom. The number of pyridine rings is 1. The van der Waals surface area contributed by atoms with Gasteiger partial charge in [0.2, 0.25) is 0 Å². The van der Waals surface area contributed by atoms with E-state index in [0.29, 0.717) is 23.5 Å². The summed E-state index contributed by atoms with van der Waals surface area (Å²) >= 11 is 6.73. The fraction of sp³-hybridized carbons (Fsp3) is 0.267. The van der Waals surface area contributed by atoms with Gasteiger partial charge in [-0.1, -0.05) is 18.2 Å². The van der Waals surface area contributed by atoms with E-state index >= 15 is 0 Å². The van der Waals surface area contributed by atoms with Crippen LogP contribution in [0.25, 0.3) is 0 Å². The molecule has 1 aliphatic rings. The zero-order chi connectivity index (χ0) is 14.1. The third-order valence-corrected chi connectivity index (χ3v) is 4.51. The number of nitrogens with zero attached hydrogens (tertiary/aromatic N) is 1.